The van der Waals surface area contributed by atoms with Gasteiger partial charge in [0, 0.05) is 37.9 Å². The van der Waals surface area contributed by atoms with Gasteiger partial charge in [0.2, 0.25) is 0 Å². The van der Waals surface area contributed by atoms with Crippen molar-refractivity contribution in [3.05, 3.63) is 59.7 Å². The smallest absolute Gasteiger partial charge is 0.319 e. The van der Waals surface area contributed by atoms with Crippen LogP contribution in [0.15, 0.2) is 48.5 Å². The number of amides is 2. The first-order valence-corrected chi connectivity index (χ1v) is 8.80. The highest BCUT2D eigenvalue weighted by atomic mass is 16.5. The lowest BCUT2D eigenvalue weighted by atomic mass is 10.1. The molecule has 0 unspecified atom stereocenters. The van der Waals surface area contributed by atoms with Gasteiger partial charge in [0.15, 0.2) is 0 Å². The van der Waals surface area contributed by atoms with E-state index in [4.69, 9.17) is 9.47 Å². The van der Waals surface area contributed by atoms with Crippen LogP contribution in [0.25, 0.3) is 0 Å². The molecule has 1 heterocycles. The third-order valence-electron chi connectivity index (χ3n) is 4.31. The van der Waals surface area contributed by atoms with E-state index in [0.29, 0.717) is 18.0 Å². The van der Waals surface area contributed by atoms with Crippen molar-refractivity contribution in [3.8, 4) is 5.75 Å². The lowest BCUT2D eigenvalue weighted by molar-refractivity contribution is 0.0342. The number of ether oxygens (including phenoxy) is 2. The summed E-state index contributed by atoms with van der Waals surface area (Å²) in [5.41, 5.74) is 3.04. The summed E-state index contributed by atoms with van der Waals surface area (Å²) in [6.07, 6.45) is 0. The van der Waals surface area contributed by atoms with Crippen LogP contribution >= 0.6 is 0 Å². The summed E-state index contributed by atoms with van der Waals surface area (Å²) in [6, 6.07) is 15.4. The fourth-order valence-corrected chi connectivity index (χ4v) is 2.84. The van der Waals surface area contributed by atoms with Gasteiger partial charge >= 0.3 is 6.03 Å². The van der Waals surface area contributed by atoms with E-state index in [-0.39, 0.29) is 6.03 Å². The Kier molecular flexibility index (Phi) is 6.46. The fraction of sp³-hybridized carbons (Fsp3) is 0.350. The van der Waals surface area contributed by atoms with E-state index in [2.05, 4.69) is 39.8 Å². The van der Waals surface area contributed by atoms with Gasteiger partial charge in [-0.15, -0.1) is 0 Å². The van der Waals surface area contributed by atoms with Crippen LogP contribution in [0.3, 0.4) is 0 Å². The molecule has 0 spiro atoms. The van der Waals surface area contributed by atoms with E-state index in [1.807, 2.05) is 18.2 Å². The average Bonchev–Trinajstić information content (AvgIpc) is 2.68. The molecule has 2 aromatic carbocycles. The maximum absolute atomic E-state index is 12.0. The second-order valence-electron chi connectivity index (χ2n) is 6.24. The molecule has 1 fully saturated rings. The predicted octanol–water partition coefficient (Wildman–Crippen LogP) is 2.85. The molecule has 1 aliphatic rings. The van der Waals surface area contributed by atoms with E-state index in [1.54, 1.807) is 13.2 Å². The van der Waals surface area contributed by atoms with Crippen LogP contribution in [-0.2, 0) is 17.8 Å². The number of morpholine rings is 1. The lowest BCUT2D eigenvalue weighted by Crippen LogP contribution is -2.35. The van der Waals surface area contributed by atoms with Gasteiger partial charge in [-0.2, -0.15) is 0 Å². The van der Waals surface area contributed by atoms with Crippen LogP contribution < -0.4 is 15.4 Å². The van der Waals surface area contributed by atoms with Crippen molar-refractivity contribution in [1.29, 1.82) is 0 Å². The molecule has 138 valence electrons. The van der Waals surface area contributed by atoms with Crippen molar-refractivity contribution in [2.75, 3.05) is 38.7 Å². The summed E-state index contributed by atoms with van der Waals surface area (Å²) < 4.78 is 10.5. The van der Waals surface area contributed by atoms with Gasteiger partial charge in [-0.25, -0.2) is 4.79 Å². The van der Waals surface area contributed by atoms with Gasteiger partial charge in [0.1, 0.15) is 5.75 Å². The topological polar surface area (TPSA) is 62.8 Å². The van der Waals surface area contributed by atoms with Gasteiger partial charge in [-0.3, -0.25) is 4.90 Å². The monoisotopic (exact) mass is 355 g/mol. The molecule has 26 heavy (non-hydrogen) atoms. The Morgan fingerprint density at radius 2 is 1.85 bits per heavy atom. The van der Waals surface area contributed by atoms with E-state index in [1.165, 1.54) is 5.56 Å². The molecule has 0 saturated carbocycles. The number of rotatable bonds is 6. The second kappa shape index (κ2) is 9.22. The number of nitrogens with zero attached hydrogens (tertiary/aromatic N) is 1. The number of anilines is 1. The summed E-state index contributed by atoms with van der Waals surface area (Å²) in [7, 11) is 1.60. The van der Waals surface area contributed by atoms with Gasteiger partial charge in [-0.1, -0.05) is 30.3 Å². The minimum absolute atomic E-state index is 0.240. The van der Waals surface area contributed by atoms with Crippen molar-refractivity contribution >= 4 is 11.7 Å². The molecule has 3 rings (SSSR count). The number of carbonyl (C=O) groups is 1. The SMILES string of the molecule is COc1cccc(NC(=O)NCc2ccc(CN3CCOCC3)cc2)c1. The van der Waals surface area contributed by atoms with Gasteiger partial charge in [0.25, 0.3) is 0 Å². The molecule has 2 aromatic rings. The zero-order valence-electron chi connectivity index (χ0n) is 15.0. The zero-order valence-corrected chi connectivity index (χ0v) is 15.0. The molecule has 1 aliphatic heterocycles. The van der Waals surface area contributed by atoms with Crippen molar-refractivity contribution in [2.24, 2.45) is 0 Å². The Hall–Kier alpha value is -2.57. The van der Waals surface area contributed by atoms with Gasteiger partial charge in [0.05, 0.1) is 20.3 Å². The third-order valence-corrected chi connectivity index (χ3v) is 4.31. The molecular formula is C20H25N3O3. The van der Waals surface area contributed by atoms with Crippen LogP contribution in [-0.4, -0.2) is 44.3 Å². The standard InChI is InChI=1S/C20H25N3O3/c1-25-19-4-2-3-18(13-19)22-20(24)21-14-16-5-7-17(8-6-16)15-23-9-11-26-12-10-23/h2-8,13H,9-12,14-15H2,1H3,(H2,21,22,24). The van der Waals surface area contributed by atoms with Crippen molar-refractivity contribution in [3.63, 3.8) is 0 Å². The zero-order chi connectivity index (χ0) is 18.2. The maximum atomic E-state index is 12.0. The summed E-state index contributed by atoms with van der Waals surface area (Å²) >= 11 is 0. The summed E-state index contributed by atoms with van der Waals surface area (Å²) in [5.74, 6) is 0.707. The summed E-state index contributed by atoms with van der Waals surface area (Å²) in [5, 5.41) is 5.67. The molecule has 1 saturated heterocycles. The van der Waals surface area contributed by atoms with Gasteiger partial charge < -0.3 is 20.1 Å². The van der Waals surface area contributed by atoms with Gasteiger partial charge in [-0.05, 0) is 23.3 Å². The van der Waals surface area contributed by atoms with Crippen LogP contribution in [0, 0.1) is 0 Å². The quantitative estimate of drug-likeness (QED) is 0.836. The number of urea groups is 1. The normalized spacial score (nSPS) is 14.7. The number of nitrogens with one attached hydrogen (secondary N) is 2. The molecule has 0 aromatic heterocycles. The summed E-state index contributed by atoms with van der Waals surface area (Å²) in [4.78, 5) is 14.4. The number of hydrogen-bond donors (Lipinski definition) is 2. The Balaban J connectivity index is 1.45. The van der Waals surface area contributed by atoms with Crippen molar-refractivity contribution < 1.29 is 14.3 Å². The van der Waals surface area contributed by atoms with Crippen LogP contribution in [0.2, 0.25) is 0 Å². The van der Waals surface area contributed by atoms with E-state index in [0.717, 1.165) is 38.4 Å². The van der Waals surface area contributed by atoms with E-state index >= 15 is 0 Å². The maximum Gasteiger partial charge on any atom is 0.319 e. The second-order valence-corrected chi connectivity index (χ2v) is 6.24. The third kappa shape index (κ3) is 5.47. The predicted molar refractivity (Wildman–Crippen MR) is 101 cm³/mol. The number of benzene rings is 2. The molecule has 6 heteroatoms. The molecule has 2 amide bonds. The van der Waals surface area contributed by atoms with E-state index in [9.17, 15) is 4.79 Å². The number of hydrogen-bond acceptors (Lipinski definition) is 4. The van der Waals surface area contributed by atoms with E-state index < -0.39 is 0 Å². The fourth-order valence-electron chi connectivity index (χ4n) is 2.84. The van der Waals surface area contributed by atoms with Crippen molar-refractivity contribution in [2.45, 2.75) is 13.1 Å². The number of carbonyl (C=O) groups excluding carboxylic acids is 1. The Morgan fingerprint density at radius 1 is 1.12 bits per heavy atom. The Bertz CT molecular complexity index is 712. The molecule has 0 aliphatic carbocycles. The first-order chi connectivity index (χ1) is 12.7. The highest BCUT2D eigenvalue weighted by molar-refractivity contribution is 5.89. The molecule has 2 N–H and O–H groups in total. The molecule has 0 bridgehead atoms. The molecular weight excluding hydrogens is 330 g/mol. The highest BCUT2D eigenvalue weighted by Crippen LogP contribution is 2.16. The van der Waals surface area contributed by atoms with Crippen LogP contribution in [0.5, 0.6) is 5.75 Å². The molecule has 0 atom stereocenters. The number of methoxy groups -OCH3 is 1. The first kappa shape index (κ1) is 18.2. The summed E-state index contributed by atoms with van der Waals surface area (Å²) in [6.45, 7) is 5.00. The first-order valence-electron chi connectivity index (χ1n) is 8.80. The molecule has 0 radical (unpaired) electrons. The minimum atomic E-state index is -0.240. The van der Waals surface area contributed by atoms with Crippen LogP contribution in [0.4, 0.5) is 10.5 Å². The largest absolute Gasteiger partial charge is 0.497 e. The molecule has 6 nitrogen and oxygen atoms in total. The average molecular weight is 355 g/mol. The minimum Gasteiger partial charge on any atom is -0.497 e. The van der Waals surface area contributed by atoms with Crippen molar-refractivity contribution in [1.82, 2.24) is 10.2 Å². The highest BCUT2D eigenvalue weighted by Gasteiger charge is 2.10. The Labute approximate surface area is 154 Å². The van der Waals surface area contributed by atoms with Crippen LogP contribution in [0.1, 0.15) is 11.1 Å². The Morgan fingerprint density at radius 3 is 2.58 bits per heavy atom. The lowest BCUT2D eigenvalue weighted by Gasteiger charge is -2.26.